The highest BCUT2D eigenvalue weighted by atomic mass is 32.1. The summed E-state index contributed by atoms with van der Waals surface area (Å²) in [5.74, 6) is 0.935. The fourth-order valence-corrected chi connectivity index (χ4v) is 4.07. The molecule has 6 nitrogen and oxygen atoms in total. The maximum absolute atomic E-state index is 12.6. The monoisotopic (exact) mass is 507 g/mol. The maximum atomic E-state index is 12.6. The first-order chi connectivity index (χ1) is 17.9. The molecule has 4 aromatic carbocycles. The van der Waals surface area contributed by atoms with Crippen molar-refractivity contribution in [1.29, 1.82) is 0 Å². The van der Waals surface area contributed by atoms with Gasteiger partial charge in [-0.25, -0.2) is 4.98 Å². The van der Waals surface area contributed by atoms with E-state index >= 15 is 0 Å². The molecule has 0 saturated heterocycles. The molecule has 0 radical (unpaired) electrons. The minimum absolute atomic E-state index is 0.0646. The van der Waals surface area contributed by atoms with Crippen LogP contribution in [0.5, 0.6) is 5.75 Å². The minimum atomic E-state index is -0.308. The van der Waals surface area contributed by atoms with Crippen LogP contribution in [-0.4, -0.2) is 22.1 Å². The van der Waals surface area contributed by atoms with E-state index in [0.717, 1.165) is 16.7 Å². The highest BCUT2D eigenvalue weighted by Gasteiger charge is 2.12. The van der Waals surface area contributed by atoms with Gasteiger partial charge >= 0.3 is 0 Å². The number of rotatable bonds is 6. The van der Waals surface area contributed by atoms with Crippen LogP contribution in [0, 0.1) is 0 Å². The minimum Gasteiger partial charge on any atom is -0.491 e. The summed E-state index contributed by atoms with van der Waals surface area (Å²) in [5, 5.41) is 5.93. The van der Waals surface area contributed by atoms with Gasteiger partial charge in [-0.05, 0) is 91.8 Å². The predicted molar refractivity (Wildman–Crippen MR) is 151 cm³/mol. The highest BCUT2D eigenvalue weighted by molar-refractivity contribution is 7.80. The molecule has 0 fully saturated rings. The van der Waals surface area contributed by atoms with Crippen LogP contribution >= 0.6 is 12.2 Å². The van der Waals surface area contributed by atoms with Gasteiger partial charge in [-0.1, -0.05) is 42.5 Å². The first-order valence-electron chi connectivity index (χ1n) is 11.9. The molecular weight excluding hydrogens is 482 g/mol. The molecule has 0 unspecified atom stereocenters. The summed E-state index contributed by atoms with van der Waals surface area (Å²) >= 11 is 5.34. The van der Waals surface area contributed by atoms with Crippen molar-refractivity contribution in [2.24, 2.45) is 0 Å². The molecule has 0 aliphatic carbocycles. The van der Waals surface area contributed by atoms with E-state index in [0.29, 0.717) is 34.0 Å². The summed E-state index contributed by atoms with van der Waals surface area (Å²) < 4.78 is 11.6. The van der Waals surface area contributed by atoms with Gasteiger partial charge in [-0.3, -0.25) is 10.1 Å². The Bertz CT molecular complexity index is 1540. The second kappa shape index (κ2) is 10.6. The molecule has 7 heteroatoms. The van der Waals surface area contributed by atoms with Crippen LogP contribution in [0.3, 0.4) is 0 Å². The molecule has 0 aliphatic heterocycles. The lowest BCUT2D eigenvalue weighted by Crippen LogP contribution is -2.34. The Balaban J connectivity index is 1.24. The van der Waals surface area contributed by atoms with Gasteiger partial charge < -0.3 is 14.5 Å². The Kier molecular flexibility index (Phi) is 6.96. The highest BCUT2D eigenvalue weighted by Crippen LogP contribution is 2.28. The van der Waals surface area contributed by atoms with Gasteiger partial charge in [0.1, 0.15) is 11.3 Å². The number of benzene rings is 4. The lowest BCUT2D eigenvalue weighted by atomic mass is 10.0. The summed E-state index contributed by atoms with van der Waals surface area (Å²) in [5.41, 5.74) is 5.68. The van der Waals surface area contributed by atoms with Crippen molar-refractivity contribution in [3.63, 3.8) is 0 Å². The average Bonchev–Trinajstić information content (AvgIpc) is 3.33. The molecule has 0 saturated carbocycles. The average molecular weight is 508 g/mol. The van der Waals surface area contributed by atoms with Crippen LogP contribution in [0.25, 0.3) is 33.7 Å². The Morgan fingerprint density at radius 3 is 2.24 bits per heavy atom. The topological polar surface area (TPSA) is 76.4 Å². The van der Waals surface area contributed by atoms with E-state index in [-0.39, 0.29) is 17.1 Å². The van der Waals surface area contributed by atoms with Crippen LogP contribution in [0.15, 0.2) is 101 Å². The third-order valence-corrected chi connectivity index (χ3v) is 5.80. The van der Waals surface area contributed by atoms with E-state index in [1.165, 1.54) is 0 Å². The van der Waals surface area contributed by atoms with Crippen molar-refractivity contribution in [1.82, 2.24) is 10.3 Å². The number of aromatic nitrogens is 1. The molecule has 1 aromatic heterocycles. The normalized spacial score (nSPS) is 10.9. The number of nitrogens with zero attached hydrogens (tertiary/aromatic N) is 1. The van der Waals surface area contributed by atoms with Crippen molar-refractivity contribution >= 4 is 40.0 Å². The Morgan fingerprint density at radius 1 is 0.865 bits per heavy atom. The number of amides is 1. The van der Waals surface area contributed by atoms with Crippen LogP contribution in [0.4, 0.5) is 5.69 Å². The molecule has 0 atom stereocenters. The third-order valence-electron chi connectivity index (χ3n) is 5.60. The zero-order valence-corrected chi connectivity index (χ0v) is 21.2. The number of anilines is 1. The second-order valence-electron chi connectivity index (χ2n) is 8.74. The van der Waals surface area contributed by atoms with Crippen molar-refractivity contribution in [3.8, 4) is 28.3 Å². The molecule has 0 bridgehead atoms. The molecule has 1 amide bonds. The quantitative estimate of drug-likeness (QED) is 0.239. The summed E-state index contributed by atoms with van der Waals surface area (Å²) in [6.45, 7) is 3.90. The number of oxazole rings is 1. The number of fused-ring (bicyclic) bond motifs is 1. The lowest BCUT2D eigenvalue weighted by molar-refractivity contribution is 0.0977. The molecule has 0 spiro atoms. The van der Waals surface area contributed by atoms with Crippen molar-refractivity contribution in [3.05, 3.63) is 103 Å². The molecule has 1 heterocycles. The Hall–Kier alpha value is -4.49. The van der Waals surface area contributed by atoms with Gasteiger partial charge in [0.2, 0.25) is 5.89 Å². The largest absolute Gasteiger partial charge is 0.491 e. The van der Waals surface area contributed by atoms with Gasteiger partial charge in [-0.15, -0.1) is 0 Å². The number of hydrogen-bond donors (Lipinski definition) is 2. The van der Waals surface area contributed by atoms with Gasteiger partial charge in [-0.2, -0.15) is 0 Å². The van der Waals surface area contributed by atoms with Gasteiger partial charge in [0.05, 0.1) is 6.10 Å². The number of carbonyl (C=O) groups excluding carboxylic acids is 1. The van der Waals surface area contributed by atoms with E-state index in [1.807, 2.05) is 62.4 Å². The third kappa shape index (κ3) is 5.85. The maximum Gasteiger partial charge on any atom is 0.257 e. The lowest BCUT2D eigenvalue weighted by Gasteiger charge is -2.11. The summed E-state index contributed by atoms with van der Waals surface area (Å²) in [7, 11) is 0. The van der Waals surface area contributed by atoms with Gasteiger partial charge in [0.15, 0.2) is 10.7 Å². The van der Waals surface area contributed by atoms with Crippen LogP contribution in [0.2, 0.25) is 0 Å². The van der Waals surface area contributed by atoms with Crippen molar-refractivity contribution in [2.75, 3.05) is 5.32 Å². The van der Waals surface area contributed by atoms with Crippen molar-refractivity contribution in [2.45, 2.75) is 20.0 Å². The molecule has 184 valence electrons. The molecule has 2 N–H and O–H groups in total. The molecule has 5 rings (SSSR count). The summed E-state index contributed by atoms with van der Waals surface area (Å²) in [6, 6.07) is 30.7. The molecular formula is C30H25N3O3S. The zero-order valence-electron chi connectivity index (χ0n) is 20.4. The molecule has 37 heavy (non-hydrogen) atoms. The number of hydrogen-bond acceptors (Lipinski definition) is 5. The molecule has 5 aromatic rings. The van der Waals surface area contributed by atoms with Crippen LogP contribution in [0.1, 0.15) is 24.2 Å². The molecule has 0 aliphatic rings. The Labute approximate surface area is 220 Å². The van der Waals surface area contributed by atoms with Crippen LogP contribution in [-0.2, 0) is 0 Å². The zero-order chi connectivity index (χ0) is 25.8. The van der Waals surface area contributed by atoms with E-state index < -0.39 is 0 Å². The number of thiocarbonyl (C=S) groups is 1. The van der Waals surface area contributed by atoms with Gasteiger partial charge in [0.25, 0.3) is 5.91 Å². The van der Waals surface area contributed by atoms with Crippen molar-refractivity contribution < 1.29 is 13.9 Å². The fraction of sp³-hybridized carbons (Fsp3) is 0.100. The van der Waals surface area contributed by atoms with E-state index in [4.69, 9.17) is 21.4 Å². The van der Waals surface area contributed by atoms with E-state index in [1.54, 1.807) is 24.3 Å². The summed E-state index contributed by atoms with van der Waals surface area (Å²) in [6.07, 6.45) is 0.0646. The number of nitrogens with one attached hydrogen (secondary N) is 2. The number of ether oxygens (including phenoxy) is 1. The second-order valence-corrected chi connectivity index (χ2v) is 9.15. The number of carbonyl (C=O) groups is 1. The standard InChI is InChI=1S/C30H25N3O3S/c1-19(2)35-25-15-12-22(13-16-25)28(34)33-30(37)31-24-14-17-27-26(18-24)32-29(36-27)23-10-8-21(9-11-23)20-6-4-3-5-7-20/h3-19H,1-2H3,(H2,31,33,34,37). The Morgan fingerprint density at radius 2 is 1.54 bits per heavy atom. The fourth-order valence-electron chi connectivity index (χ4n) is 3.86. The summed E-state index contributed by atoms with van der Waals surface area (Å²) in [4.78, 5) is 17.2. The smallest absolute Gasteiger partial charge is 0.257 e. The predicted octanol–water partition coefficient (Wildman–Crippen LogP) is 7.08. The van der Waals surface area contributed by atoms with Crippen LogP contribution < -0.4 is 15.4 Å². The van der Waals surface area contributed by atoms with E-state index in [9.17, 15) is 4.79 Å². The first-order valence-corrected chi connectivity index (χ1v) is 12.3. The van der Waals surface area contributed by atoms with Gasteiger partial charge in [0, 0.05) is 16.8 Å². The van der Waals surface area contributed by atoms with E-state index in [2.05, 4.69) is 39.9 Å². The first kappa shape index (κ1) is 24.2. The SMILES string of the molecule is CC(C)Oc1ccc(C(=O)NC(=S)Nc2ccc3oc(-c4ccc(-c5ccccc5)cc4)nc3c2)cc1.